The second kappa shape index (κ2) is 7.51. The van der Waals surface area contributed by atoms with Crippen molar-refractivity contribution in [2.24, 2.45) is 5.41 Å². The van der Waals surface area contributed by atoms with Gasteiger partial charge < -0.3 is 14.6 Å². The normalized spacial score (nSPS) is 11.4. The van der Waals surface area contributed by atoms with Crippen LogP contribution in [0.1, 0.15) is 37.6 Å². The fourth-order valence-electron chi connectivity index (χ4n) is 2.42. The number of carbonyl (C=O) groups excluding carboxylic acids is 2. The topological polar surface area (TPSA) is 77.4 Å². The van der Waals surface area contributed by atoms with Crippen LogP contribution in [0.4, 0.5) is 0 Å². The molecule has 0 aliphatic heterocycles. The number of nitrogens with one attached hydrogen (secondary N) is 1. The number of amides is 1. The van der Waals surface area contributed by atoms with Gasteiger partial charge in [0.15, 0.2) is 0 Å². The predicted molar refractivity (Wildman–Crippen MR) is 96.6 cm³/mol. The maximum absolute atomic E-state index is 12.6. The molecule has 0 saturated carbocycles. The highest BCUT2D eigenvalue weighted by molar-refractivity contribution is 5.95. The molecular formula is C19H24N2O4. The fourth-order valence-corrected chi connectivity index (χ4v) is 2.42. The number of rotatable bonds is 5. The Morgan fingerprint density at radius 2 is 1.92 bits per heavy atom. The Morgan fingerprint density at radius 3 is 2.56 bits per heavy atom. The van der Waals surface area contributed by atoms with E-state index in [0.29, 0.717) is 30.5 Å². The number of hydrogen-bond donors (Lipinski definition) is 1. The van der Waals surface area contributed by atoms with Crippen LogP contribution in [0.25, 0.3) is 10.8 Å². The van der Waals surface area contributed by atoms with Crippen molar-refractivity contribution in [3.63, 3.8) is 0 Å². The first-order chi connectivity index (χ1) is 11.7. The van der Waals surface area contributed by atoms with Gasteiger partial charge in [0, 0.05) is 30.1 Å². The van der Waals surface area contributed by atoms with Gasteiger partial charge in [-0.3, -0.25) is 9.59 Å². The van der Waals surface area contributed by atoms with E-state index in [1.807, 2.05) is 26.8 Å². The van der Waals surface area contributed by atoms with Gasteiger partial charge in [0.25, 0.3) is 5.56 Å². The van der Waals surface area contributed by atoms with Crippen LogP contribution in [0.15, 0.2) is 35.3 Å². The number of hydrogen-bond acceptors (Lipinski definition) is 4. The maximum atomic E-state index is 12.6. The number of esters is 1. The number of aromatic nitrogens is 1. The lowest BCUT2D eigenvalue weighted by Gasteiger charge is -2.17. The number of ether oxygens (including phenoxy) is 1. The van der Waals surface area contributed by atoms with E-state index in [9.17, 15) is 14.4 Å². The summed E-state index contributed by atoms with van der Waals surface area (Å²) >= 11 is 0. The zero-order valence-electron chi connectivity index (χ0n) is 15.1. The quantitative estimate of drug-likeness (QED) is 0.667. The van der Waals surface area contributed by atoms with Gasteiger partial charge in [0.1, 0.15) is 0 Å². The standard InChI is InChI=1S/C19H24N2O4/c1-19(2,3)18(24)20-9-5-10-21-11-8-13-6-7-14(17(23)25-4)12-15(13)16(21)22/h6-8,11-12H,5,9-10H2,1-4H3,(H,20,24). The highest BCUT2D eigenvalue weighted by atomic mass is 16.5. The lowest BCUT2D eigenvalue weighted by Crippen LogP contribution is -2.35. The summed E-state index contributed by atoms with van der Waals surface area (Å²) in [6, 6.07) is 6.77. The van der Waals surface area contributed by atoms with Crippen LogP contribution in [0.5, 0.6) is 0 Å². The molecular weight excluding hydrogens is 320 g/mol. The first kappa shape index (κ1) is 18.7. The SMILES string of the molecule is COC(=O)c1ccc2ccn(CCCNC(=O)C(C)(C)C)c(=O)c2c1. The van der Waals surface area contributed by atoms with E-state index in [0.717, 1.165) is 5.39 Å². The molecule has 0 aliphatic rings. The zero-order valence-corrected chi connectivity index (χ0v) is 15.1. The van der Waals surface area contributed by atoms with E-state index in [4.69, 9.17) is 4.74 Å². The lowest BCUT2D eigenvalue weighted by molar-refractivity contribution is -0.128. The van der Waals surface area contributed by atoms with Gasteiger partial charge in [-0.2, -0.15) is 0 Å². The molecule has 134 valence electrons. The molecule has 1 amide bonds. The summed E-state index contributed by atoms with van der Waals surface area (Å²) in [4.78, 5) is 36.1. The average Bonchev–Trinajstić information content (AvgIpc) is 2.58. The van der Waals surface area contributed by atoms with Crippen molar-refractivity contribution in [1.82, 2.24) is 9.88 Å². The summed E-state index contributed by atoms with van der Waals surface area (Å²) < 4.78 is 6.29. The molecule has 25 heavy (non-hydrogen) atoms. The monoisotopic (exact) mass is 344 g/mol. The molecule has 0 aliphatic carbocycles. The molecule has 0 bridgehead atoms. The van der Waals surface area contributed by atoms with E-state index in [1.54, 1.807) is 29.0 Å². The van der Waals surface area contributed by atoms with Crippen LogP contribution < -0.4 is 10.9 Å². The molecule has 1 N–H and O–H groups in total. The molecule has 0 atom stereocenters. The molecule has 2 rings (SSSR count). The van der Waals surface area contributed by atoms with E-state index in [-0.39, 0.29) is 11.5 Å². The van der Waals surface area contributed by atoms with Crippen molar-refractivity contribution in [2.45, 2.75) is 33.7 Å². The summed E-state index contributed by atoms with van der Waals surface area (Å²) in [5, 5.41) is 4.11. The fraction of sp³-hybridized carbons (Fsp3) is 0.421. The third-order valence-corrected chi connectivity index (χ3v) is 3.94. The number of nitrogens with zero attached hydrogens (tertiary/aromatic N) is 1. The Kier molecular flexibility index (Phi) is 5.62. The van der Waals surface area contributed by atoms with Crippen LogP contribution in [0, 0.1) is 5.41 Å². The molecule has 0 unspecified atom stereocenters. The van der Waals surface area contributed by atoms with Gasteiger partial charge >= 0.3 is 5.97 Å². The Morgan fingerprint density at radius 1 is 1.20 bits per heavy atom. The minimum absolute atomic E-state index is 0.0129. The molecule has 1 heterocycles. The van der Waals surface area contributed by atoms with E-state index in [1.165, 1.54) is 7.11 Å². The van der Waals surface area contributed by atoms with Crippen molar-refractivity contribution in [2.75, 3.05) is 13.7 Å². The second-order valence-corrected chi connectivity index (χ2v) is 6.97. The van der Waals surface area contributed by atoms with Crippen LogP contribution in [-0.2, 0) is 16.1 Å². The smallest absolute Gasteiger partial charge is 0.337 e. The predicted octanol–water partition coefficient (Wildman–Crippen LogP) is 2.34. The molecule has 2 aromatic rings. The average molecular weight is 344 g/mol. The van der Waals surface area contributed by atoms with Gasteiger partial charge in [-0.1, -0.05) is 26.8 Å². The molecule has 0 fully saturated rings. The first-order valence-electron chi connectivity index (χ1n) is 8.24. The van der Waals surface area contributed by atoms with Gasteiger partial charge in [-0.25, -0.2) is 4.79 Å². The number of benzene rings is 1. The van der Waals surface area contributed by atoms with Crippen molar-refractivity contribution >= 4 is 22.6 Å². The Bertz CT molecular complexity index is 847. The largest absolute Gasteiger partial charge is 0.465 e. The minimum Gasteiger partial charge on any atom is -0.465 e. The molecule has 0 spiro atoms. The Balaban J connectivity index is 2.11. The summed E-state index contributed by atoms with van der Waals surface area (Å²) in [6.45, 7) is 6.56. The van der Waals surface area contributed by atoms with Gasteiger partial charge in [-0.15, -0.1) is 0 Å². The van der Waals surface area contributed by atoms with E-state index >= 15 is 0 Å². The summed E-state index contributed by atoms with van der Waals surface area (Å²) in [6.07, 6.45) is 2.37. The minimum atomic E-state index is -0.471. The van der Waals surface area contributed by atoms with E-state index in [2.05, 4.69) is 5.32 Å². The number of methoxy groups -OCH3 is 1. The van der Waals surface area contributed by atoms with Crippen molar-refractivity contribution < 1.29 is 14.3 Å². The summed E-state index contributed by atoms with van der Waals surface area (Å²) in [5.41, 5.74) is -0.239. The number of fused-ring (bicyclic) bond motifs is 1. The van der Waals surface area contributed by atoms with Gasteiger partial charge in [-0.05, 0) is 30.0 Å². The van der Waals surface area contributed by atoms with Gasteiger partial charge in [0.2, 0.25) is 5.91 Å². The maximum Gasteiger partial charge on any atom is 0.337 e. The Labute approximate surface area is 146 Å². The highest BCUT2D eigenvalue weighted by Gasteiger charge is 2.20. The lowest BCUT2D eigenvalue weighted by atomic mass is 9.96. The molecule has 0 saturated heterocycles. The first-order valence-corrected chi connectivity index (χ1v) is 8.24. The molecule has 6 heteroatoms. The van der Waals surface area contributed by atoms with Crippen LogP contribution in [0.3, 0.4) is 0 Å². The van der Waals surface area contributed by atoms with Crippen molar-refractivity contribution in [1.29, 1.82) is 0 Å². The van der Waals surface area contributed by atoms with Crippen molar-refractivity contribution in [3.05, 3.63) is 46.4 Å². The highest BCUT2D eigenvalue weighted by Crippen LogP contribution is 2.14. The molecule has 1 aromatic carbocycles. The number of pyridine rings is 1. The number of carbonyl (C=O) groups is 2. The summed E-state index contributed by atoms with van der Waals surface area (Å²) in [7, 11) is 1.31. The van der Waals surface area contributed by atoms with Crippen LogP contribution in [-0.4, -0.2) is 30.1 Å². The van der Waals surface area contributed by atoms with Crippen molar-refractivity contribution in [3.8, 4) is 0 Å². The van der Waals surface area contributed by atoms with Gasteiger partial charge in [0.05, 0.1) is 12.7 Å². The molecule has 6 nitrogen and oxygen atoms in total. The molecule has 0 radical (unpaired) electrons. The second-order valence-electron chi connectivity index (χ2n) is 6.97. The third kappa shape index (κ3) is 4.47. The van der Waals surface area contributed by atoms with Crippen LogP contribution >= 0.6 is 0 Å². The third-order valence-electron chi connectivity index (χ3n) is 3.94. The molecule has 1 aromatic heterocycles. The summed E-state index contributed by atoms with van der Waals surface area (Å²) in [5.74, 6) is -0.484. The number of aryl methyl sites for hydroxylation is 1. The van der Waals surface area contributed by atoms with E-state index < -0.39 is 11.4 Å². The van der Waals surface area contributed by atoms with Crippen LogP contribution in [0.2, 0.25) is 0 Å². The Hall–Kier alpha value is -2.63. The zero-order chi connectivity index (χ0) is 18.6.